The number of hydrogen-bond donors (Lipinski definition) is 2. The summed E-state index contributed by atoms with van der Waals surface area (Å²) in [6.07, 6.45) is 3.72. The highest BCUT2D eigenvalue weighted by Crippen LogP contribution is 2.27. The van der Waals surface area contributed by atoms with Crippen molar-refractivity contribution < 1.29 is 12.8 Å². The molecule has 1 aromatic heterocycles. The van der Waals surface area contributed by atoms with Gasteiger partial charge in [0.15, 0.2) is 0 Å². The third-order valence-corrected chi connectivity index (χ3v) is 7.44. The maximum absolute atomic E-state index is 12.3. The fourth-order valence-electron chi connectivity index (χ4n) is 3.32. The van der Waals surface area contributed by atoms with Crippen LogP contribution in [0.2, 0.25) is 0 Å². The van der Waals surface area contributed by atoms with E-state index < -0.39 is 14.8 Å². The van der Waals surface area contributed by atoms with Gasteiger partial charge >= 0.3 is 5.63 Å². The molecular formula is C20H28N2O4S. The molecule has 0 aliphatic heterocycles. The minimum absolute atomic E-state index is 0.0362. The number of anilines is 1. The summed E-state index contributed by atoms with van der Waals surface area (Å²) in [6.45, 7) is 6.01. The molecule has 0 bridgehead atoms. The first-order valence-electron chi connectivity index (χ1n) is 9.44. The predicted molar refractivity (Wildman–Crippen MR) is 109 cm³/mol. The molecule has 2 N–H and O–H groups in total. The van der Waals surface area contributed by atoms with E-state index in [1.807, 2.05) is 12.1 Å². The van der Waals surface area contributed by atoms with Crippen LogP contribution < -0.4 is 15.7 Å². The zero-order chi connectivity index (χ0) is 19.7. The van der Waals surface area contributed by atoms with Crippen LogP contribution in [-0.4, -0.2) is 25.8 Å². The molecule has 148 valence electrons. The predicted octanol–water partition coefficient (Wildman–Crippen LogP) is 3.48. The quantitative estimate of drug-likeness (QED) is 0.761. The van der Waals surface area contributed by atoms with E-state index in [4.69, 9.17) is 4.42 Å². The van der Waals surface area contributed by atoms with E-state index in [2.05, 4.69) is 10.0 Å². The Labute approximate surface area is 160 Å². The number of benzene rings is 1. The molecule has 0 atom stereocenters. The Morgan fingerprint density at radius 3 is 2.44 bits per heavy atom. The first-order chi connectivity index (χ1) is 12.6. The maximum Gasteiger partial charge on any atom is 0.336 e. The molecule has 0 saturated heterocycles. The van der Waals surface area contributed by atoms with E-state index in [9.17, 15) is 13.2 Å². The van der Waals surface area contributed by atoms with Crippen LogP contribution in [0.25, 0.3) is 11.0 Å². The highest BCUT2D eigenvalue weighted by atomic mass is 32.2. The fourth-order valence-corrected chi connectivity index (χ4v) is 4.35. The third kappa shape index (κ3) is 4.90. The molecule has 1 heterocycles. The highest BCUT2D eigenvalue weighted by Gasteiger charge is 2.32. The Balaban J connectivity index is 1.51. The van der Waals surface area contributed by atoms with Gasteiger partial charge in [0, 0.05) is 29.7 Å². The smallest absolute Gasteiger partial charge is 0.336 e. The summed E-state index contributed by atoms with van der Waals surface area (Å²) in [4.78, 5) is 11.2. The average Bonchev–Trinajstić information content (AvgIpc) is 2.60. The standard InChI is InChI=1S/C20H28N2O4S/c1-20(2,3)27(24,25)22-16-7-4-14(5-8-16)13-21-17-9-10-18-15(12-17)6-11-19(23)26-18/h6,9-12,14,16,21-22H,4-5,7-8,13H2,1-3H3/t14-,16-. The van der Waals surface area contributed by atoms with Gasteiger partial charge < -0.3 is 9.73 Å². The normalized spacial score (nSPS) is 21.3. The van der Waals surface area contributed by atoms with Gasteiger partial charge in [0.2, 0.25) is 10.0 Å². The Bertz CT molecular complexity index is 952. The van der Waals surface area contributed by atoms with Crippen molar-refractivity contribution in [1.29, 1.82) is 0 Å². The number of nitrogens with one attached hydrogen (secondary N) is 2. The molecule has 1 fully saturated rings. The average molecular weight is 393 g/mol. The van der Waals surface area contributed by atoms with Crippen molar-refractivity contribution in [3.8, 4) is 0 Å². The zero-order valence-electron chi connectivity index (χ0n) is 16.1. The van der Waals surface area contributed by atoms with E-state index in [1.54, 1.807) is 32.9 Å². The molecule has 0 amide bonds. The molecule has 3 rings (SSSR count). The molecule has 1 saturated carbocycles. The molecule has 1 aliphatic carbocycles. The summed E-state index contributed by atoms with van der Waals surface area (Å²) in [5, 5.41) is 4.34. The van der Waals surface area contributed by atoms with Gasteiger partial charge in [-0.3, -0.25) is 0 Å². The lowest BCUT2D eigenvalue weighted by molar-refractivity contribution is 0.322. The van der Waals surface area contributed by atoms with Crippen LogP contribution in [0.15, 0.2) is 39.5 Å². The van der Waals surface area contributed by atoms with Crippen molar-refractivity contribution in [2.75, 3.05) is 11.9 Å². The topological polar surface area (TPSA) is 88.4 Å². The monoisotopic (exact) mass is 392 g/mol. The molecule has 0 radical (unpaired) electrons. The van der Waals surface area contributed by atoms with Gasteiger partial charge in [-0.05, 0) is 76.6 Å². The van der Waals surface area contributed by atoms with Crippen molar-refractivity contribution in [1.82, 2.24) is 4.72 Å². The highest BCUT2D eigenvalue weighted by molar-refractivity contribution is 7.90. The number of hydrogen-bond acceptors (Lipinski definition) is 5. The first kappa shape index (κ1) is 19.9. The summed E-state index contributed by atoms with van der Waals surface area (Å²) in [5.74, 6) is 0.518. The third-order valence-electron chi connectivity index (χ3n) is 5.19. The second-order valence-corrected chi connectivity index (χ2v) is 10.8. The van der Waals surface area contributed by atoms with E-state index in [0.717, 1.165) is 43.3 Å². The van der Waals surface area contributed by atoms with Crippen molar-refractivity contribution >= 4 is 26.7 Å². The fraction of sp³-hybridized carbons (Fsp3) is 0.550. The van der Waals surface area contributed by atoms with Crippen LogP contribution in [0.4, 0.5) is 5.69 Å². The van der Waals surface area contributed by atoms with Crippen LogP contribution in [0.5, 0.6) is 0 Å². The Hall–Kier alpha value is -1.86. The van der Waals surface area contributed by atoms with E-state index >= 15 is 0 Å². The van der Waals surface area contributed by atoms with Gasteiger partial charge in [-0.15, -0.1) is 0 Å². The molecule has 6 nitrogen and oxygen atoms in total. The van der Waals surface area contributed by atoms with Crippen LogP contribution >= 0.6 is 0 Å². The van der Waals surface area contributed by atoms with Crippen LogP contribution in [0, 0.1) is 5.92 Å². The van der Waals surface area contributed by atoms with Gasteiger partial charge in [0.25, 0.3) is 0 Å². The van der Waals surface area contributed by atoms with Crippen molar-refractivity contribution in [3.63, 3.8) is 0 Å². The van der Waals surface area contributed by atoms with Crippen LogP contribution in [0.1, 0.15) is 46.5 Å². The van der Waals surface area contributed by atoms with Gasteiger partial charge in [0.05, 0.1) is 4.75 Å². The van der Waals surface area contributed by atoms with E-state index in [1.165, 1.54) is 6.07 Å². The number of rotatable bonds is 5. The molecule has 7 heteroatoms. The molecule has 2 aromatic rings. The van der Waals surface area contributed by atoms with Gasteiger partial charge in [-0.1, -0.05) is 0 Å². The Morgan fingerprint density at radius 2 is 1.78 bits per heavy atom. The van der Waals surface area contributed by atoms with E-state index in [0.29, 0.717) is 11.5 Å². The first-order valence-corrected chi connectivity index (χ1v) is 10.9. The second-order valence-electron chi connectivity index (χ2n) is 8.34. The van der Waals surface area contributed by atoms with Crippen molar-refractivity contribution in [2.45, 2.75) is 57.2 Å². The second kappa shape index (κ2) is 7.64. The summed E-state index contributed by atoms with van der Waals surface area (Å²) in [7, 11) is -3.29. The SMILES string of the molecule is CC(C)(C)S(=O)(=O)N[C@H]1CC[C@H](CNc2ccc3oc(=O)ccc3c2)CC1. The Morgan fingerprint density at radius 1 is 1.07 bits per heavy atom. The molecule has 0 spiro atoms. The van der Waals surface area contributed by atoms with Crippen molar-refractivity contribution in [2.24, 2.45) is 5.92 Å². The number of fused-ring (bicyclic) bond motifs is 1. The summed E-state index contributed by atoms with van der Waals surface area (Å²) < 4.78 is 31.8. The zero-order valence-corrected chi connectivity index (χ0v) is 16.9. The summed E-state index contributed by atoms with van der Waals surface area (Å²) >= 11 is 0. The van der Waals surface area contributed by atoms with Gasteiger partial charge in [-0.2, -0.15) is 0 Å². The van der Waals surface area contributed by atoms with Gasteiger partial charge in [-0.25, -0.2) is 17.9 Å². The lowest BCUT2D eigenvalue weighted by atomic mass is 9.86. The molecule has 0 unspecified atom stereocenters. The van der Waals surface area contributed by atoms with Crippen LogP contribution in [0.3, 0.4) is 0 Å². The van der Waals surface area contributed by atoms with Gasteiger partial charge in [0.1, 0.15) is 5.58 Å². The lowest BCUT2D eigenvalue weighted by Crippen LogP contribution is -2.46. The summed E-state index contributed by atoms with van der Waals surface area (Å²) in [6, 6.07) is 8.91. The van der Waals surface area contributed by atoms with Crippen molar-refractivity contribution in [3.05, 3.63) is 40.8 Å². The minimum atomic E-state index is -3.29. The minimum Gasteiger partial charge on any atom is -0.423 e. The summed E-state index contributed by atoms with van der Waals surface area (Å²) in [5.41, 5.74) is 1.23. The lowest BCUT2D eigenvalue weighted by Gasteiger charge is -2.31. The molecule has 1 aromatic carbocycles. The van der Waals surface area contributed by atoms with Crippen LogP contribution in [-0.2, 0) is 10.0 Å². The number of sulfonamides is 1. The Kier molecular flexibility index (Phi) is 5.63. The molecule has 1 aliphatic rings. The molecular weight excluding hydrogens is 364 g/mol. The largest absolute Gasteiger partial charge is 0.423 e. The molecule has 27 heavy (non-hydrogen) atoms. The maximum atomic E-state index is 12.3. The van der Waals surface area contributed by atoms with E-state index in [-0.39, 0.29) is 11.7 Å².